The Kier molecular flexibility index (Phi) is 4.85. The quantitative estimate of drug-likeness (QED) is 0.678. The lowest BCUT2D eigenvalue weighted by molar-refractivity contribution is 0.0765. The van der Waals surface area contributed by atoms with Crippen LogP contribution in [0.25, 0.3) is 0 Å². The molecular formula is C16H23N3O2. The van der Waals surface area contributed by atoms with E-state index >= 15 is 0 Å². The maximum atomic E-state index is 12.5. The first-order valence-electron chi connectivity index (χ1n) is 7.06. The van der Waals surface area contributed by atoms with Crippen molar-refractivity contribution in [1.82, 2.24) is 4.90 Å². The van der Waals surface area contributed by atoms with E-state index in [1.165, 1.54) is 5.57 Å². The van der Waals surface area contributed by atoms with Crippen LogP contribution < -0.4 is 10.6 Å². The summed E-state index contributed by atoms with van der Waals surface area (Å²) >= 11 is 0. The fourth-order valence-corrected chi connectivity index (χ4v) is 2.49. The smallest absolute Gasteiger partial charge is 0.254 e. The number of benzene rings is 1. The van der Waals surface area contributed by atoms with E-state index in [0.717, 1.165) is 18.7 Å². The van der Waals surface area contributed by atoms with Crippen LogP contribution in [-0.4, -0.2) is 51.7 Å². The molecule has 0 unspecified atom stereocenters. The Bertz CT molecular complexity index is 552. The summed E-state index contributed by atoms with van der Waals surface area (Å²) in [4.78, 5) is 16.3. The number of nitrogens with zero attached hydrogens (tertiary/aromatic N) is 2. The predicted octanol–water partition coefficient (Wildman–Crippen LogP) is 1.75. The van der Waals surface area contributed by atoms with Crippen molar-refractivity contribution in [3.8, 4) is 0 Å². The van der Waals surface area contributed by atoms with Crippen molar-refractivity contribution in [2.24, 2.45) is 0 Å². The van der Waals surface area contributed by atoms with Crippen molar-refractivity contribution in [2.75, 3.05) is 51.5 Å². The molecule has 2 rings (SSSR count). The van der Waals surface area contributed by atoms with Gasteiger partial charge in [-0.3, -0.25) is 4.79 Å². The van der Waals surface area contributed by atoms with Gasteiger partial charge in [-0.1, -0.05) is 6.08 Å². The van der Waals surface area contributed by atoms with Crippen molar-refractivity contribution in [3.63, 3.8) is 0 Å². The van der Waals surface area contributed by atoms with Crippen molar-refractivity contribution in [2.45, 2.75) is 6.42 Å². The largest absolute Gasteiger partial charge is 0.397 e. The molecule has 21 heavy (non-hydrogen) atoms. The van der Waals surface area contributed by atoms with Gasteiger partial charge in [0.2, 0.25) is 0 Å². The minimum absolute atomic E-state index is 0.0275. The van der Waals surface area contributed by atoms with Crippen LogP contribution in [0.15, 0.2) is 29.8 Å². The molecule has 1 aromatic rings. The Labute approximate surface area is 126 Å². The molecule has 5 nitrogen and oxygen atoms in total. The van der Waals surface area contributed by atoms with E-state index in [1.807, 2.05) is 36.0 Å². The zero-order valence-corrected chi connectivity index (χ0v) is 12.9. The molecule has 0 aromatic heterocycles. The number of anilines is 2. The van der Waals surface area contributed by atoms with Crippen LogP contribution in [-0.2, 0) is 4.74 Å². The summed E-state index contributed by atoms with van der Waals surface area (Å²) in [5.41, 5.74) is 9.45. The Hall–Kier alpha value is -2.01. The molecule has 0 atom stereocenters. The number of carbonyl (C=O) groups is 1. The van der Waals surface area contributed by atoms with Crippen LogP contribution in [0.1, 0.15) is 16.8 Å². The highest BCUT2D eigenvalue weighted by atomic mass is 16.5. The van der Waals surface area contributed by atoms with Crippen LogP contribution in [0, 0.1) is 0 Å². The second kappa shape index (κ2) is 6.63. The molecule has 1 heterocycles. The summed E-state index contributed by atoms with van der Waals surface area (Å²) in [7, 11) is 5.55. The number of nitrogens with two attached hydrogens (primary N) is 1. The van der Waals surface area contributed by atoms with Crippen LogP contribution in [0.2, 0.25) is 0 Å². The number of hydrogen-bond acceptors (Lipinski definition) is 4. The third kappa shape index (κ3) is 3.55. The van der Waals surface area contributed by atoms with Gasteiger partial charge in [-0.25, -0.2) is 0 Å². The molecule has 1 aromatic carbocycles. The monoisotopic (exact) mass is 289 g/mol. The zero-order chi connectivity index (χ0) is 15.4. The first kappa shape index (κ1) is 15.4. The average molecular weight is 289 g/mol. The van der Waals surface area contributed by atoms with Crippen LogP contribution in [0.4, 0.5) is 11.4 Å². The fourth-order valence-electron chi connectivity index (χ4n) is 2.49. The number of hydrogen-bond donors (Lipinski definition) is 1. The normalized spacial score (nSPS) is 14.8. The van der Waals surface area contributed by atoms with Crippen molar-refractivity contribution in [1.29, 1.82) is 0 Å². The molecule has 0 spiro atoms. The summed E-state index contributed by atoms with van der Waals surface area (Å²) in [6.07, 6.45) is 2.94. The number of rotatable bonds is 4. The van der Waals surface area contributed by atoms with Gasteiger partial charge >= 0.3 is 0 Å². The molecule has 0 bridgehead atoms. The zero-order valence-electron chi connectivity index (χ0n) is 12.9. The number of amides is 1. The molecule has 1 amide bonds. The van der Waals surface area contributed by atoms with Gasteiger partial charge in [-0.05, 0) is 30.2 Å². The van der Waals surface area contributed by atoms with Crippen molar-refractivity contribution in [3.05, 3.63) is 35.4 Å². The van der Waals surface area contributed by atoms with Crippen LogP contribution in [0.5, 0.6) is 0 Å². The summed E-state index contributed by atoms with van der Waals surface area (Å²) in [6, 6.07) is 5.48. The first-order chi connectivity index (χ1) is 10.0. The van der Waals surface area contributed by atoms with Crippen molar-refractivity contribution < 1.29 is 9.53 Å². The summed E-state index contributed by atoms with van der Waals surface area (Å²) in [5, 5.41) is 0. The molecule has 0 aliphatic carbocycles. The van der Waals surface area contributed by atoms with E-state index in [2.05, 4.69) is 6.08 Å². The van der Waals surface area contributed by atoms with E-state index in [1.54, 1.807) is 13.2 Å². The molecule has 1 aliphatic rings. The van der Waals surface area contributed by atoms with Gasteiger partial charge in [0.1, 0.15) is 0 Å². The van der Waals surface area contributed by atoms with Gasteiger partial charge in [-0.15, -0.1) is 0 Å². The maximum absolute atomic E-state index is 12.5. The predicted molar refractivity (Wildman–Crippen MR) is 85.7 cm³/mol. The van der Waals surface area contributed by atoms with E-state index in [9.17, 15) is 4.79 Å². The highest BCUT2D eigenvalue weighted by molar-refractivity contribution is 5.96. The van der Waals surface area contributed by atoms with Gasteiger partial charge < -0.3 is 20.3 Å². The number of methoxy groups -OCH3 is 1. The standard InChI is InChI=1S/C16H23N3O2/c1-18(2)15-5-4-13(10-14(15)17)16(20)19-8-6-12(7-9-19)11-21-3/h4-6,10H,7-9,11,17H2,1-3H3. The molecule has 114 valence electrons. The highest BCUT2D eigenvalue weighted by Gasteiger charge is 2.19. The summed E-state index contributed by atoms with van der Waals surface area (Å²) in [5.74, 6) is 0.0275. The lowest BCUT2D eigenvalue weighted by Crippen LogP contribution is -2.35. The molecule has 2 N–H and O–H groups in total. The molecule has 5 heteroatoms. The second-order valence-corrected chi connectivity index (χ2v) is 5.46. The van der Waals surface area contributed by atoms with Gasteiger partial charge in [0.05, 0.1) is 18.0 Å². The third-order valence-electron chi connectivity index (χ3n) is 3.68. The molecular weight excluding hydrogens is 266 g/mol. The lowest BCUT2D eigenvalue weighted by Gasteiger charge is -2.27. The Morgan fingerprint density at radius 2 is 2.19 bits per heavy atom. The number of carbonyl (C=O) groups excluding carboxylic acids is 1. The topological polar surface area (TPSA) is 58.8 Å². The van der Waals surface area contributed by atoms with Gasteiger partial charge in [0, 0.05) is 39.9 Å². The molecule has 0 radical (unpaired) electrons. The lowest BCUT2D eigenvalue weighted by atomic mass is 10.1. The summed E-state index contributed by atoms with van der Waals surface area (Å²) < 4.78 is 5.12. The van der Waals surface area contributed by atoms with Crippen LogP contribution in [0.3, 0.4) is 0 Å². The fraction of sp³-hybridized carbons (Fsp3) is 0.438. The number of ether oxygens (including phenoxy) is 1. The van der Waals surface area contributed by atoms with E-state index in [4.69, 9.17) is 10.5 Å². The van der Waals surface area contributed by atoms with Gasteiger partial charge in [-0.2, -0.15) is 0 Å². The van der Waals surface area contributed by atoms with Crippen LogP contribution >= 0.6 is 0 Å². The third-order valence-corrected chi connectivity index (χ3v) is 3.68. The highest BCUT2D eigenvalue weighted by Crippen LogP contribution is 2.23. The summed E-state index contributed by atoms with van der Waals surface area (Å²) in [6.45, 7) is 2.00. The molecule has 1 aliphatic heterocycles. The van der Waals surface area contributed by atoms with Gasteiger partial charge in [0.15, 0.2) is 0 Å². The minimum atomic E-state index is 0.0275. The van der Waals surface area contributed by atoms with Crippen molar-refractivity contribution >= 4 is 17.3 Å². The molecule has 0 saturated heterocycles. The molecule has 0 saturated carbocycles. The Morgan fingerprint density at radius 3 is 2.71 bits per heavy atom. The minimum Gasteiger partial charge on any atom is -0.397 e. The Balaban J connectivity index is 2.09. The van der Waals surface area contributed by atoms with E-state index in [0.29, 0.717) is 24.4 Å². The SMILES string of the molecule is COCC1=CCN(C(=O)c2ccc(N(C)C)c(N)c2)CC1. The average Bonchev–Trinajstić information content (AvgIpc) is 2.47. The van der Waals surface area contributed by atoms with Gasteiger partial charge in [0.25, 0.3) is 5.91 Å². The maximum Gasteiger partial charge on any atom is 0.254 e. The first-order valence-corrected chi connectivity index (χ1v) is 7.06. The second-order valence-electron chi connectivity index (χ2n) is 5.46. The molecule has 0 fully saturated rings. The van der Waals surface area contributed by atoms with E-state index < -0.39 is 0 Å². The number of nitrogen functional groups attached to an aromatic ring is 1. The van der Waals surface area contributed by atoms with E-state index in [-0.39, 0.29) is 5.91 Å². The Morgan fingerprint density at radius 1 is 1.43 bits per heavy atom.